The Morgan fingerprint density at radius 3 is 2.45 bits per heavy atom. The van der Waals surface area contributed by atoms with E-state index in [1.165, 1.54) is 5.56 Å². The quantitative estimate of drug-likeness (QED) is 0.897. The van der Waals surface area contributed by atoms with E-state index in [4.69, 9.17) is 0 Å². The molecule has 1 atom stereocenters. The number of nitrogens with zero attached hydrogens (tertiary/aromatic N) is 1. The van der Waals surface area contributed by atoms with Crippen molar-refractivity contribution in [2.45, 2.75) is 19.9 Å². The summed E-state index contributed by atoms with van der Waals surface area (Å²) in [5.41, 5.74) is 3.21. The molecule has 1 amide bonds. The van der Waals surface area contributed by atoms with Crippen molar-refractivity contribution in [2.24, 2.45) is 0 Å². The van der Waals surface area contributed by atoms with E-state index < -0.39 is 0 Å². The maximum absolute atomic E-state index is 12.1. The fraction of sp³-hybridized carbons (Fsp3) is 0.250. The number of nitrogens with one attached hydrogen (secondary N) is 2. The standard InChI is InChI=1S/C16H19N3O/c1-11-5-4-6-15(18-11)16(20)19-14-9-7-13(8-10-14)12(2)17-3/h4-10,12,17H,1-3H3,(H,19,20). The molecule has 0 aliphatic carbocycles. The Morgan fingerprint density at radius 1 is 1.15 bits per heavy atom. The average Bonchev–Trinajstić information content (AvgIpc) is 2.47. The van der Waals surface area contributed by atoms with Crippen molar-refractivity contribution in [3.63, 3.8) is 0 Å². The maximum atomic E-state index is 12.1. The van der Waals surface area contributed by atoms with Gasteiger partial charge in [0.25, 0.3) is 5.91 Å². The van der Waals surface area contributed by atoms with Gasteiger partial charge in [-0.1, -0.05) is 18.2 Å². The van der Waals surface area contributed by atoms with Crippen LogP contribution in [0.15, 0.2) is 42.5 Å². The van der Waals surface area contributed by atoms with E-state index in [2.05, 4.69) is 22.5 Å². The third-order valence-electron chi connectivity index (χ3n) is 3.22. The Hall–Kier alpha value is -2.20. The van der Waals surface area contributed by atoms with Crippen molar-refractivity contribution in [1.82, 2.24) is 10.3 Å². The number of carbonyl (C=O) groups is 1. The molecule has 4 heteroatoms. The van der Waals surface area contributed by atoms with E-state index in [0.717, 1.165) is 11.4 Å². The topological polar surface area (TPSA) is 54.0 Å². The Labute approximate surface area is 119 Å². The normalized spacial score (nSPS) is 11.9. The molecule has 2 rings (SSSR count). The molecule has 0 radical (unpaired) electrons. The summed E-state index contributed by atoms with van der Waals surface area (Å²) in [4.78, 5) is 16.3. The van der Waals surface area contributed by atoms with Gasteiger partial charge in [-0.2, -0.15) is 0 Å². The summed E-state index contributed by atoms with van der Waals surface area (Å²) in [6.07, 6.45) is 0. The molecule has 2 N–H and O–H groups in total. The molecule has 1 aromatic heterocycles. The first-order valence-corrected chi connectivity index (χ1v) is 6.62. The third-order valence-corrected chi connectivity index (χ3v) is 3.22. The zero-order valence-electron chi connectivity index (χ0n) is 12.0. The van der Waals surface area contributed by atoms with Crippen LogP contribution in [0.25, 0.3) is 0 Å². The lowest BCUT2D eigenvalue weighted by Gasteiger charge is -2.11. The van der Waals surface area contributed by atoms with E-state index in [9.17, 15) is 4.79 Å². The van der Waals surface area contributed by atoms with Gasteiger partial charge >= 0.3 is 0 Å². The highest BCUT2D eigenvalue weighted by Gasteiger charge is 2.08. The molecule has 104 valence electrons. The molecule has 0 saturated heterocycles. The van der Waals surface area contributed by atoms with Crippen LogP contribution in [0, 0.1) is 6.92 Å². The maximum Gasteiger partial charge on any atom is 0.274 e. The van der Waals surface area contributed by atoms with E-state index in [1.807, 2.05) is 50.4 Å². The molecule has 1 unspecified atom stereocenters. The van der Waals surface area contributed by atoms with E-state index in [0.29, 0.717) is 5.69 Å². The van der Waals surface area contributed by atoms with Crippen LogP contribution in [-0.4, -0.2) is 17.9 Å². The van der Waals surface area contributed by atoms with Gasteiger partial charge in [0.15, 0.2) is 0 Å². The Morgan fingerprint density at radius 2 is 1.85 bits per heavy atom. The lowest BCUT2D eigenvalue weighted by atomic mass is 10.1. The minimum absolute atomic E-state index is 0.192. The summed E-state index contributed by atoms with van der Waals surface area (Å²) in [6.45, 7) is 3.95. The highest BCUT2D eigenvalue weighted by Crippen LogP contribution is 2.16. The summed E-state index contributed by atoms with van der Waals surface area (Å²) in [6, 6.07) is 13.5. The third kappa shape index (κ3) is 3.42. The molecule has 4 nitrogen and oxygen atoms in total. The number of carbonyl (C=O) groups excluding carboxylic acids is 1. The summed E-state index contributed by atoms with van der Waals surface area (Å²) in [5.74, 6) is -0.192. The fourth-order valence-corrected chi connectivity index (χ4v) is 1.89. The summed E-state index contributed by atoms with van der Waals surface area (Å²) in [5, 5.41) is 6.02. The van der Waals surface area contributed by atoms with Gasteiger partial charge in [-0.05, 0) is 50.7 Å². The minimum atomic E-state index is -0.192. The van der Waals surface area contributed by atoms with Crippen molar-refractivity contribution < 1.29 is 4.79 Å². The number of aryl methyl sites for hydroxylation is 1. The summed E-state index contributed by atoms with van der Waals surface area (Å²) in [7, 11) is 1.92. The molecular weight excluding hydrogens is 250 g/mol. The molecule has 0 aliphatic heterocycles. The van der Waals surface area contributed by atoms with Gasteiger partial charge in [-0.3, -0.25) is 4.79 Å². The lowest BCUT2D eigenvalue weighted by Crippen LogP contribution is -2.15. The SMILES string of the molecule is CNC(C)c1ccc(NC(=O)c2cccc(C)n2)cc1. The molecule has 0 spiro atoms. The van der Waals surface area contributed by atoms with Crippen LogP contribution in [0.5, 0.6) is 0 Å². The van der Waals surface area contributed by atoms with Crippen LogP contribution >= 0.6 is 0 Å². The van der Waals surface area contributed by atoms with Crippen LogP contribution in [0.1, 0.15) is 34.7 Å². The van der Waals surface area contributed by atoms with Crippen LogP contribution in [0.2, 0.25) is 0 Å². The number of anilines is 1. The predicted molar refractivity (Wildman–Crippen MR) is 80.8 cm³/mol. The van der Waals surface area contributed by atoms with Gasteiger partial charge < -0.3 is 10.6 Å². The molecule has 0 aliphatic rings. The molecule has 0 saturated carbocycles. The number of hydrogen-bond donors (Lipinski definition) is 2. The lowest BCUT2D eigenvalue weighted by molar-refractivity contribution is 0.102. The highest BCUT2D eigenvalue weighted by atomic mass is 16.1. The molecule has 20 heavy (non-hydrogen) atoms. The van der Waals surface area contributed by atoms with Crippen molar-refractivity contribution in [3.8, 4) is 0 Å². The monoisotopic (exact) mass is 269 g/mol. The van der Waals surface area contributed by atoms with Gasteiger partial charge in [0.05, 0.1) is 0 Å². The second-order valence-electron chi connectivity index (χ2n) is 4.75. The molecule has 1 heterocycles. The second-order valence-corrected chi connectivity index (χ2v) is 4.75. The molecular formula is C16H19N3O. The molecule has 0 fully saturated rings. The first-order valence-electron chi connectivity index (χ1n) is 6.62. The first kappa shape index (κ1) is 14.2. The number of aromatic nitrogens is 1. The fourth-order valence-electron chi connectivity index (χ4n) is 1.89. The molecule has 2 aromatic rings. The van der Waals surface area contributed by atoms with Crippen molar-refractivity contribution in [1.29, 1.82) is 0 Å². The van der Waals surface area contributed by atoms with Gasteiger partial charge in [0.1, 0.15) is 5.69 Å². The smallest absolute Gasteiger partial charge is 0.274 e. The van der Waals surface area contributed by atoms with Gasteiger partial charge in [0, 0.05) is 17.4 Å². The summed E-state index contributed by atoms with van der Waals surface area (Å²) < 4.78 is 0. The summed E-state index contributed by atoms with van der Waals surface area (Å²) >= 11 is 0. The molecule has 0 bridgehead atoms. The zero-order valence-corrected chi connectivity index (χ0v) is 12.0. The van der Waals surface area contributed by atoms with Crippen LogP contribution in [0.3, 0.4) is 0 Å². The first-order chi connectivity index (χ1) is 9.60. The average molecular weight is 269 g/mol. The minimum Gasteiger partial charge on any atom is -0.321 e. The Kier molecular flexibility index (Phi) is 4.48. The number of amides is 1. The number of pyridine rings is 1. The van der Waals surface area contributed by atoms with Gasteiger partial charge in [-0.15, -0.1) is 0 Å². The van der Waals surface area contributed by atoms with Gasteiger partial charge in [-0.25, -0.2) is 4.98 Å². The predicted octanol–water partition coefficient (Wildman–Crippen LogP) is 2.92. The van der Waals surface area contributed by atoms with Crippen LogP contribution in [0.4, 0.5) is 5.69 Å². The van der Waals surface area contributed by atoms with Crippen molar-refractivity contribution in [2.75, 3.05) is 12.4 Å². The van der Waals surface area contributed by atoms with Crippen LogP contribution in [-0.2, 0) is 0 Å². The van der Waals surface area contributed by atoms with Crippen molar-refractivity contribution >= 4 is 11.6 Å². The number of hydrogen-bond acceptors (Lipinski definition) is 3. The van der Waals surface area contributed by atoms with Crippen LogP contribution < -0.4 is 10.6 Å². The van der Waals surface area contributed by atoms with E-state index >= 15 is 0 Å². The largest absolute Gasteiger partial charge is 0.321 e. The van der Waals surface area contributed by atoms with E-state index in [-0.39, 0.29) is 11.9 Å². The number of rotatable bonds is 4. The van der Waals surface area contributed by atoms with Crippen molar-refractivity contribution in [3.05, 3.63) is 59.4 Å². The Balaban J connectivity index is 2.08. The van der Waals surface area contributed by atoms with Gasteiger partial charge in [0.2, 0.25) is 0 Å². The second kappa shape index (κ2) is 6.30. The number of benzene rings is 1. The highest BCUT2D eigenvalue weighted by molar-refractivity contribution is 6.02. The molecule has 1 aromatic carbocycles. The Bertz CT molecular complexity index is 593. The zero-order chi connectivity index (χ0) is 14.5. The van der Waals surface area contributed by atoms with E-state index in [1.54, 1.807) is 6.07 Å².